The maximum Gasteiger partial charge on any atom is 0.325 e. The summed E-state index contributed by atoms with van der Waals surface area (Å²) in [6.07, 6.45) is 0.847. The predicted molar refractivity (Wildman–Crippen MR) is 116 cm³/mol. The first-order valence-corrected chi connectivity index (χ1v) is 9.93. The molecular formula is C24H23N3O3. The van der Waals surface area contributed by atoms with Crippen LogP contribution in [0.2, 0.25) is 0 Å². The van der Waals surface area contributed by atoms with E-state index in [2.05, 4.69) is 10.6 Å². The van der Waals surface area contributed by atoms with Gasteiger partial charge < -0.3 is 10.6 Å². The monoisotopic (exact) mass is 401 g/mol. The van der Waals surface area contributed by atoms with Gasteiger partial charge in [0.2, 0.25) is 5.91 Å². The first-order chi connectivity index (χ1) is 14.4. The molecule has 1 saturated heterocycles. The van der Waals surface area contributed by atoms with Gasteiger partial charge in [0.05, 0.1) is 0 Å². The van der Waals surface area contributed by atoms with Crippen LogP contribution in [0, 0.1) is 0 Å². The maximum absolute atomic E-state index is 13.2. The summed E-state index contributed by atoms with van der Waals surface area (Å²) in [6, 6.07) is 20.3. The van der Waals surface area contributed by atoms with Crippen molar-refractivity contribution in [2.45, 2.75) is 25.8 Å². The van der Waals surface area contributed by atoms with Crippen LogP contribution in [-0.2, 0) is 21.5 Å². The summed E-state index contributed by atoms with van der Waals surface area (Å²) in [6.45, 7) is 3.36. The van der Waals surface area contributed by atoms with Crippen molar-refractivity contribution in [2.75, 3.05) is 11.9 Å². The number of rotatable bonds is 5. The molecule has 1 unspecified atom stereocenters. The minimum Gasteiger partial charge on any atom is -0.325 e. The first kappa shape index (κ1) is 19.6. The zero-order chi connectivity index (χ0) is 21.3. The lowest BCUT2D eigenvalue weighted by Crippen LogP contribution is -2.42. The summed E-state index contributed by atoms with van der Waals surface area (Å²) in [5.41, 5.74) is 1.20. The second-order valence-corrected chi connectivity index (χ2v) is 7.58. The number of aryl methyl sites for hydroxylation is 1. The highest BCUT2D eigenvalue weighted by molar-refractivity contribution is 6.11. The molecule has 1 fully saturated rings. The number of hydrogen-bond donors (Lipinski definition) is 2. The third-order valence-electron chi connectivity index (χ3n) is 5.52. The van der Waals surface area contributed by atoms with E-state index in [4.69, 9.17) is 0 Å². The molecule has 6 heteroatoms. The van der Waals surface area contributed by atoms with Gasteiger partial charge in [-0.1, -0.05) is 61.5 Å². The molecule has 1 heterocycles. The molecule has 2 N–H and O–H groups in total. The molecule has 3 aromatic carbocycles. The third kappa shape index (κ3) is 3.41. The molecule has 4 amide bonds. The van der Waals surface area contributed by atoms with Gasteiger partial charge in [0.15, 0.2) is 0 Å². The fourth-order valence-electron chi connectivity index (χ4n) is 3.90. The van der Waals surface area contributed by atoms with E-state index in [1.165, 1.54) is 0 Å². The molecule has 0 spiro atoms. The molecule has 0 saturated carbocycles. The molecule has 152 valence electrons. The second-order valence-electron chi connectivity index (χ2n) is 7.58. The number of anilines is 1. The van der Waals surface area contributed by atoms with Crippen LogP contribution in [0.3, 0.4) is 0 Å². The number of amides is 4. The van der Waals surface area contributed by atoms with E-state index in [1.807, 2.05) is 67.6 Å². The van der Waals surface area contributed by atoms with Gasteiger partial charge in [-0.15, -0.1) is 0 Å². The highest BCUT2D eigenvalue weighted by Gasteiger charge is 2.50. The van der Waals surface area contributed by atoms with Crippen LogP contribution in [0.15, 0.2) is 66.7 Å². The van der Waals surface area contributed by atoms with Crippen LogP contribution >= 0.6 is 0 Å². The Morgan fingerprint density at radius 1 is 1.03 bits per heavy atom. The van der Waals surface area contributed by atoms with E-state index in [1.54, 1.807) is 13.0 Å². The lowest BCUT2D eigenvalue weighted by atomic mass is 9.88. The molecule has 6 nitrogen and oxygen atoms in total. The largest absolute Gasteiger partial charge is 0.325 e. The smallest absolute Gasteiger partial charge is 0.325 e. The fourth-order valence-corrected chi connectivity index (χ4v) is 3.90. The summed E-state index contributed by atoms with van der Waals surface area (Å²) in [7, 11) is 0. The van der Waals surface area contributed by atoms with Gasteiger partial charge >= 0.3 is 6.03 Å². The van der Waals surface area contributed by atoms with E-state index < -0.39 is 23.4 Å². The van der Waals surface area contributed by atoms with Crippen LogP contribution in [0.4, 0.5) is 10.5 Å². The average molecular weight is 401 g/mol. The number of hydrogen-bond acceptors (Lipinski definition) is 3. The van der Waals surface area contributed by atoms with E-state index in [0.717, 1.165) is 27.7 Å². The lowest BCUT2D eigenvalue weighted by Gasteiger charge is -2.24. The number of carbonyl (C=O) groups excluding carboxylic acids is 3. The minimum absolute atomic E-state index is 0.346. The topological polar surface area (TPSA) is 78.5 Å². The standard InChI is InChI=1S/C24H23N3O3/c1-3-16-8-6-11-18(14-16)25-21(28)15-27-22(29)24(2,26-23(27)30)20-13-7-10-17-9-4-5-12-19(17)20/h4-14H,3,15H2,1-2H3,(H,25,28)(H,26,30). The molecule has 0 radical (unpaired) electrons. The number of imide groups is 1. The van der Waals surface area contributed by atoms with Gasteiger partial charge in [0, 0.05) is 5.69 Å². The van der Waals surface area contributed by atoms with Gasteiger partial charge in [0.1, 0.15) is 12.1 Å². The highest BCUT2D eigenvalue weighted by Crippen LogP contribution is 2.33. The van der Waals surface area contributed by atoms with E-state index in [0.29, 0.717) is 11.3 Å². The maximum atomic E-state index is 13.2. The number of nitrogens with zero attached hydrogens (tertiary/aromatic N) is 1. The van der Waals surface area contributed by atoms with Crippen LogP contribution < -0.4 is 10.6 Å². The van der Waals surface area contributed by atoms with Crippen LogP contribution in [0.25, 0.3) is 10.8 Å². The molecule has 30 heavy (non-hydrogen) atoms. The van der Waals surface area contributed by atoms with Crippen LogP contribution in [-0.4, -0.2) is 29.3 Å². The van der Waals surface area contributed by atoms with E-state index in [9.17, 15) is 14.4 Å². The Bertz CT molecular complexity index is 1150. The van der Waals surface area contributed by atoms with Crippen molar-refractivity contribution in [3.8, 4) is 0 Å². The van der Waals surface area contributed by atoms with Crippen LogP contribution in [0.1, 0.15) is 25.0 Å². The molecule has 3 aromatic rings. The molecule has 1 aliphatic rings. The van der Waals surface area contributed by atoms with Crippen molar-refractivity contribution in [3.63, 3.8) is 0 Å². The van der Waals surface area contributed by atoms with Gasteiger partial charge in [0.25, 0.3) is 5.91 Å². The molecular weight excluding hydrogens is 378 g/mol. The first-order valence-electron chi connectivity index (χ1n) is 9.93. The SMILES string of the molecule is CCc1cccc(NC(=O)CN2C(=O)NC(C)(c3cccc4ccccc34)C2=O)c1. The van der Waals surface area contributed by atoms with Crippen molar-refractivity contribution in [2.24, 2.45) is 0 Å². The number of carbonyl (C=O) groups is 3. The minimum atomic E-state index is -1.24. The van der Waals surface area contributed by atoms with Crippen molar-refractivity contribution in [3.05, 3.63) is 77.9 Å². The van der Waals surface area contributed by atoms with Crippen molar-refractivity contribution >= 4 is 34.3 Å². The highest BCUT2D eigenvalue weighted by atomic mass is 16.2. The Hall–Kier alpha value is -3.67. The van der Waals surface area contributed by atoms with Gasteiger partial charge in [-0.2, -0.15) is 0 Å². The Morgan fingerprint density at radius 2 is 1.77 bits per heavy atom. The summed E-state index contributed by atoms with van der Waals surface area (Å²) >= 11 is 0. The number of fused-ring (bicyclic) bond motifs is 1. The van der Waals surface area contributed by atoms with Crippen molar-refractivity contribution < 1.29 is 14.4 Å². The molecule has 0 aliphatic carbocycles. The average Bonchev–Trinajstić information content (AvgIpc) is 2.97. The zero-order valence-electron chi connectivity index (χ0n) is 16.9. The summed E-state index contributed by atoms with van der Waals surface area (Å²) in [5.74, 6) is -0.866. The summed E-state index contributed by atoms with van der Waals surface area (Å²) in [4.78, 5) is 39.4. The Morgan fingerprint density at radius 3 is 2.57 bits per heavy atom. The normalized spacial score (nSPS) is 18.5. The zero-order valence-corrected chi connectivity index (χ0v) is 16.9. The Kier molecular flexibility index (Phi) is 4.99. The number of nitrogens with one attached hydrogen (secondary N) is 2. The molecule has 4 rings (SSSR count). The molecule has 1 aliphatic heterocycles. The quantitative estimate of drug-likeness (QED) is 0.638. The number of urea groups is 1. The second kappa shape index (κ2) is 7.63. The van der Waals surface area contributed by atoms with E-state index >= 15 is 0 Å². The predicted octanol–water partition coefficient (Wildman–Crippen LogP) is 3.81. The fraction of sp³-hybridized carbons (Fsp3) is 0.208. The van der Waals surface area contributed by atoms with Crippen molar-refractivity contribution in [1.82, 2.24) is 10.2 Å². The molecule has 0 bridgehead atoms. The third-order valence-corrected chi connectivity index (χ3v) is 5.52. The Labute approximate surface area is 174 Å². The lowest BCUT2D eigenvalue weighted by molar-refractivity contribution is -0.133. The number of benzene rings is 3. The summed E-state index contributed by atoms with van der Waals surface area (Å²) < 4.78 is 0. The van der Waals surface area contributed by atoms with Crippen molar-refractivity contribution in [1.29, 1.82) is 0 Å². The van der Waals surface area contributed by atoms with Gasteiger partial charge in [-0.3, -0.25) is 14.5 Å². The van der Waals surface area contributed by atoms with Gasteiger partial charge in [-0.05, 0) is 47.4 Å². The molecule has 1 atom stereocenters. The molecule has 0 aromatic heterocycles. The van der Waals surface area contributed by atoms with E-state index in [-0.39, 0.29) is 6.54 Å². The van der Waals surface area contributed by atoms with Crippen LogP contribution in [0.5, 0.6) is 0 Å². The Balaban J connectivity index is 1.57. The van der Waals surface area contributed by atoms with Gasteiger partial charge in [-0.25, -0.2) is 4.79 Å². The summed E-state index contributed by atoms with van der Waals surface area (Å²) in [5, 5.41) is 7.42.